The number of halogens is 1. The summed E-state index contributed by atoms with van der Waals surface area (Å²) in [5.74, 6) is 0.285. The summed E-state index contributed by atoms with van der Waals surface area (Å²) < 4.78 is 18.7. The van der Waals surface area contributed by atoms with Gasteiger partial charge in [-0.05, 0) is 30.7 Å². The number of benzene rings is 2. The molecule has 2 aromatic carbocycles. The van der Waals surface area contributed by atoms with Crippen molar-refractivity contribution in [3.05, 3.63) is 54.3 Å². The van der Waals surface area contributed by atoms with Crippen molar-refractivity contribution in [2.45, 2.75) is 13.0 Å². The molecule has 3 heteroatoms. The van der Waals surface area contributed by atoms with Gasteiger partial charge in [-0.3, -0.25) is 0 Å². The van der Waals surface area contributed by atoms with Crippen molar-refractivity contribution in [3.8, 4) is 22.9 Å². The van der Waals surface area contributed by atoms with Gasteiger partial charge in [-0.15, -0.1) is 0 Å². The summed E-state index contributed by atoms with van der Waals surface area (Å²) in [5.41, 5.74) is 1.51. The Labute approximate surface area is 105 Å². The van der Waals surface area contributed by atoms with E-state index in [0.717, 1.165) is 11.1 Å². The fraction of sp³-hybridized carbons (Fsp3) is 0.133. The Bertz CT molecular complexity index is 589. The second-order valence-corrected chi connectivity index (χ2v) is 3.90. The molecule has 0 aliphatic heterocycles. The Morgan fingerprint density at radius 1 is 1.17 bits per heavy atom. The molecule has 0 N–H and O–H groups in total. The highest BCUT2D eigenvalue weighted by atomic mass is 19.1. The molecule has 0 bridgehead atoms. The molecule has 1 unspecified atom stereocenters. The smallest absolute Gasteiger partial charge is 0.181 e. The quantitative estimate of drug-likeness (QED) is 0.819. The minimum Gasteiger partial charge on any atom is -0.475 e. The van der Waals surface area contributed by atoms with Crippen molar-refractivity contribution in [1.82, 2.24) is 0 Å². The lowest BCUT2D eigenvalue weighted by molar-refractivity contribution is 0.277. The van der Waals surface area contributed by atoms with Gasteiger partial charge in [-0.1, -0.05) is 30.3 Å². The van der Waals surface area contributed by atoms with E-state index in [4.69, 9.17) is 10.00 Å². The molecule has 90 valence electrons. The topological polar surface area (TPSA) is 33.0 Å². The van der Waals surface area contributed by atoms with Crippen LogP contribution < -0.4 is 4.74 Å². The number of nitrogens with zero attached hydrogens (tertiary/aromatic N) is 1. The second-order valence-electron chi connectivity index (χ2n) is 3.90. The van der Waals surface area contributed by atoms with Crippen LogP contribution in [0.4, 0.5) is 4.39 Å². The summed E-state index contributed by atoms with van der Waals surface area (Å²) in [4.78, 5) is 0. The molecule has 2 nitrogen and oxygen atoms in total. The van der Waals surface area contributed by atoms with Crippen molar-refractivity contribution in [3.63, 3.8) is 0 Å². The van der Waals surface area contributed by atoms with Crippen molar-refractivity contribution < 1.29 is 9.13 Å². The van der Waals surface area contributed by atoms with E-state index >= 15 is 0 Å². The number of hydrogen-bond donors (Lipinski definition) is 0. The molecule has 18 heavy (non-hydrogen) atoms. The largest absolute Gasteiger partial charge is 0.475 e. The molecular formula is C15H12FNO. The molecule has 0 radical (unpaired) electrons. The summed E-state index contributed by atoms with van der Waals surface area (Å²) in [5, 5.41) is 8.77. The van der Waals surface area contributed by atoms with Gasteiger partial charge in [-0.2, -0.15) is 5.26 Å². The molecule has 0 aliphatic carbocycles. The van der Waals surface area contributed by atoms with Gasteiger partial charge in [0.15, 0.2) is 6.10 Å². The molecule has 0 heterocycles. The molecule has 2 aromatic rings. The molecule has 1 atom stereocenters. The van der Waals surface area contributed by atoms with Crippen LogP contribution in [-0.2, 0) is 0 Å². The SMILES string of the molecule is CC(C#N)Oc1ccccc1-c1cccc(F)c1. The van der Waals surface area contributed by atoms with Crippen molar-refractivity contribution in [1.29, 1.82) is 5.26 Å². The lowest BCUT2D eigenvalue weighted by Crippen LogP contribution is -2.08. The first-order chi connectivity index (χ1) is 8.70. The number of nitriles is 1. The van der Waals surface area contributed by atoms with E-state index in [9.17, 15) is 4.39 Å². The normalized spacial score (nSPS) is 11.6. The zero-order chi connectivity index (χ0) is 13.0. The zero-order valence-electron chi connectivity index (χ0n) is 9.93. The molecule has 0 amide bonds. The van der Waals surface area contributed by atoms with Gasteiger partial charge in [-0.25, -0.2) is 4.39 Å². The van der Waals surface area contributed by atoms with Crippen LogP contribution in [-0.4, -0.2) is 6.10 Å². The van der Waals surface area contributed by atoms with Gasteiger partial charge >= 0.3 is 0 Å². The highest BCUT2D eigenvalue weighted by molar-refractivity contribution is 5.70. The fourth-order valence-electron chi connectivity index (χ4n) is 1.68. The lowest BCUT2D eigenvalue weighted by Gasteiger charge is -2.12. The van der Waals surface area contributed by atoms with Crippen LogP contribution in [0.5, 0.6) is 5.75 Å². The number of rotatable bonds is 3. The van der Waals surface area contributed by atoms with Crippen molar-refractivity contribution in [2.75, 3.05) is 0 Å². The Balaban J connectivity index is 2.42. The monoisotopic (exact) mass is 241 g/mol. The van der Waals surface area contributed by atoms with Crippen LogP contribution in [0.2, 0.25) is 0 Å². The average molecular weight is 241 g/mol. The summed E-state index contributed by atoms with van der Waals surface area (Å²) in [6.07, 6.45) is -0.542. The van der Waals surface area contributed by atoms with Crippen LogP contribution in [0.1, 0.15) is 6.92 Å². The third-order valence-corrected chi connectivity index (χ3v) is 2.51. The fourth-order valence-corrected chi connectivity index (χ4v) is 1.68. The Hall–Kier alpha value is -2.34. The molecule has 0 aliphatic rings. The second kappa shape index (κ2) is 5.33. The van der Waals surface area contributed by atoms with E-state index in [0.29, 0.717) is 5.75 Å². The molecule has 2 rings (SSSR count). The van der Waals surface area contributed by atoms with Crippen molar-refractivity contribution >= 4 is 0 Å². The summed E-state index contributed by atoms with van der Waals surface area (Å²) in [6, 6.07) is 15.6. The van der Waals surface area contributed by atoms with Crippen LogP contribution >= 0.6 is 0 Å². The average Bonchev–Trinajstić information content (AvgIpc) is 2.39. The first kappa shape index (κ1) is 12.1. The van der Waals surface area contributed by atoms with Crippen LogP contribution in [0.25, 0.3) is 11.1 Å². The predicted molar refractivity (Wildman–Crippen MR) is 67.5 cm³/mol. The van der Waals surface area contributed by atoms with Gasteiger partial charge in [0.2, 0.25) is 0 Å². The summed E-state index contributed by atoms with van der Waals surface area (Å²) in [7, 11) is 0. The van der Waals surface area contributed by atoms with E-state index in [2.05, 4.69) is 0 Å². The van der Waals surface area contributed by atoms with E-state index in [1.54, 1.807) is 19.1 Å². The molecule has 0 saturated carbocycles. The van der Waals surface area contributed by atoms with Gasteiger partial charge in [0.25, 0.3) is 0 Å². The highest BCUT2D eigenvalue weighted by Gasteiger charge is 2.09. The molecular weight excluding hydrogens is 229 g/mol. The predicted octanol–water partition coefficient (Wildman–Crippen LogP) is 3.78. The Morgan fingerprint density at radius 2 is 1.94 bits per heavy atom. The Morgan fingerprint density at radius 3 is 2.67 bits per heavy atom. The van der Waals surface area contributed by atoms with Gasteiger partial charge in [0, 0.05) is 5.56 Å². The maximum Gasteiger partial charge on any atom is 0.181 e. The van der Waals surface area contributed by atoms with Gasteiger partial charge < -0.3 is 4.74 Å². The lowest BCUT2D eigenvalue weighted by atomic mass is 10.0. The third kappa shape index (κ3) is 2.67. The van der Waals surface area contributed by atoms with Crippen LogP contribution in [0, 0.1) is 17.1 Å². The minimum absolute atomic E-state index is 0.296. The van der Waals surface area contributed by atoms with Gasteiger partial charge in [0.1, 0.15) is 17.6 Å². The van der Waals surface area contributed by atoms with E-state index < -0.39 is 6.10 Å². The van der Waals surface area contributed by atoms with Crippen LogP contribution in [0.15, 0.2) is 48.5 Å². The maximum absolute atomic E-state index is 13.2. The Kier molecular flexibility index (Phi) is 3.59. The summed E-state index contributed by atoms with van der Waals surface area (Å²) >= 11 is 0. The van der Waals surface area contributed by atoms with E-state index in [1.807, 2.05) is 30.3 Å². The van der Waals surface area contributed by atoms with Crippen molar-refractivity contribution in [2.24, 2.45) is 0 Å². The standard InChI is InChI=1S/C15H12FNO/c1-11(10-17)18-15-8-3-2-7-14(15)12-5-4-6-13(16)9-12/h2-9,11H,1H3. The minimum atomic E-state index is -0.542. The highest BCUT2D eigenvalue weighted by Crippen LogP contribution is 2.30. The van der Waals surface area contributed by atoms with Gasteiger partial charge in [0.05, 0.1) is 0 Å². The first-order valence-electron chi connectivity index (χ1n) is 5.62. The number of para-hydroxylation sites is 1. The number of hydrogen-bond acceptors (Lipinski definition) is 2. The first-order valence-corrected chi connectivity index (χ1v) is 5.62. The maximum atomic E-state index is 13.2. The molecule has 0 spiro atoms. The van der Waals surface area contributed by atoms with E-state index in [1.165, 1.54) is 12.1 Å². The summed E-state index contributed by atoms with van der Waals surface area (Å²) in [6.45, 7) is 1.67. The molecule has 0 fully saturated rings. The third-order valence-electron chi connectivity index (χ3n) is 2.51. The number of ether oxygens (including phenoxy) is 1. The van der Waals surface area contributed by atoms with E-state index in [-0.39, 0.29) is 5.82 Å². The molecule has 0 saturated heterocycles. The van der Waals surface area contributed by atoms with Crippen LogP contribution in [0.3, 0.4) is 0 Å². The molecule has 0 aromatic heterocycles. The zero-order valence-corrected chi connectivity index (χ0v) is 9.93.